The van der Waals surface area contributed by atoms with Crippen LogP contribution in [0.15, 0.2) is 48.5 Å². The topological polar surface area (TPSA) is 44.8 Å². The average Bonchev–Trinajstić information content (AvgIpc) is 2.63. The highest BCUT2D eigenvalue weighted by molar-refractivity contribution is 6.74. The zero-order valence-corrected chi connectivity index (χ0v) is 20.7. The Bertz CT molecular complexity index is 846. The molecule has 0 heterocycles. The molecule has 2 rings (SSSR count). The van der Waals surface area contributed by atoms with Crippen molar-refractivity contribution in [2.24, 2.45) is 0 Å². The summed E-state index contributed by atoms with van der Waals surface area (Å²) >= 11 is 0. The zero-order chi connectivity index (χ0) is 22.6. The highest BCUT2D eigenvalue weighted by atomic mass is 28.4. The molecule has 0 amide bonds. The Kier molecular flexibility index (Phi) is 7.53. The SMILES string of the molecule is CC(C)(C)OC(=O)c1cc(OCc2ccccc2)ccc1CO[Si](C)(C)C(C)(C)C. The van der Waals surface area contributed by atoms with E-state index in [4.69, 9.17) is 13.9 Å². The lowest BCUT2D eigenvalue weighted by molar-refractivity contribution is 0.00663. The maximum absolute atomic E-state index is 12.9. The van der Waals surface area contributed by atoms with E-state index in [0.29, 0.717) is 24.5 Å². The summed E-state index contributed by atoms with van der Waals surface area (Å²) in [5.41, 5.74) is 1.81. The molecule has 0 fully saturated rings. The van der Waals surface area contributed by atoms with Gasteiger partial charge in [0.2, 0.25) is 0 Å². The van der Waals surface area contributed by atoms with Crippen LogP contribution in [0.4, 0.5) is 0 Å². The van der Waals surface area contributed by atoms with Gasteiger partial charge in [-0.05, 0) is 62.2 Å². The summed E-state index contributed by atoms with van der Waals surface area (Å²) in [7, 11) is -1.95. The first kappa shape index (κ1) is 24.2. The van der Waals surface area contributed by atoms with Crippen LogP contribution in [0.1, 0.15) is 63.0 Å². The standard InChI is InChI=1S/C25H36O4Si/c1-24(2,3)29-23(26)22-16-21(27-17-19-12-10-9-11-13-19)15-14-20(22)18-28-30(7,8)25(4,5)6/h9-16H,17-18H2,1-8H3. The molecular formula is C25H36O4Si. The molecule has 0 radical (unpaired) electrons. The van der Waals surface area contributed by atoms with Crippen molar-refractivity contribution in [2.45, 2.75) is 78.5 Å². The molecule has 0 N–H and O–H groups in total. The number of hydrogen-bond donors (Lipinski definition) is 0. The first-order chi connectivity index (χ1) is 13.8. The minimum absolute atomic E-state index is 0.0951. The van der Waals surface area contributed by atoms with Gasteiger partial charge in [-0.1, -0.05) is 57.2 Å². The van der Waals surface area contributed by atoms with Crippen molar-refractivity contribution in [2.75, 3.05) is 0 Å². The maximum Gasteiger partial charge on any atom is 0.339 e. The molecule has 0 unspecified atom stereocenters. The van der Waals surface area contributed by atoms with Crippen molar-refractivity contribution in [1.82, 2.24) is 0 Å². The highest BCUT2D eigenvalue weighted by Crippen LogP contribution is 2.37. The lowest BCUT2D eigenvalue weighted by atomic mass is 10.1. The quantitative estimate of drug-likeness (QED) is 0.362. The van der Waals surface area contributed by atoms with E-state index in [9.17, 15) is 4.79 Å². The van der Waals surface area contributed by atoms with Gasteiger partial charge in [0.1, 0.15) is 18.0 Å². The summed E-state index contributed by atoms with van der Waals surface area (Å²) < 4.78 is 17.9. The Labute approximate surface area is 182 Å². The predicted molar refractivity (Wildman–Crippen MR) is 124 cm³/mol. The third kappa shape index (κ3) is 6.99. The number of carbonyl (C=O) groups excluding carboxylic acids is 1. The van der Waals surface area contributed by atoms with Crippen molar-refractivity contribution in [3.63, 3.8) is 0 Å². The lowest BCUT2D eigenvalue weighted by Crippen LogP contribution is -2.40. The number of rotatable bonds is 7. The molecule has 30 heavy (non-hydrogen) atoms. The van der Waals surface area contributed by atoms with Crippen LogP contribution in [-0.2, 0) is 22.4 Å². The molecule has 0 bridgehead atoms. The molecule has 0 aliphatic heterocycles. The van der Waals surface area contributed by atoms with E-state index in [1.807, 2.05) is 63.2 Å². The number of hydrogen-bond acceptors (Lipinski definition) is 4. The van der Waals surface area contributed by atoms with Gasteiger partial charge in [0.05, 0.1) is 12.2 Å². The Hall–Kier alpha value is -2.11. The maximum atomic E-state index is 12.9. The first-order valence-electron chi connectivity index (χ1n) is 10.5. The van der Waals surface area contributed by atoms with Gasteiger partial charge in [-0.2, -0.15) is 0 Å². The van der Waals surface area contributed by atoms with Gasteiger partial charge in [-0.15, -0.1) is 0 Å². The minimum atomic E-state index is -1.95. The Morgan fingerprint density at radius 1 is 0.900 bits per heavy atom. The minimum Gasteiger partial charge on any atom is -0.489 e. The molecule has 164 valence electrons. The van der Waals surface area contributed by atoms with Crippen molar-refractivity contribution in [3.8, 4) is 5.75 Å². The fraction of sp³-hybridized carbons (Fsp3) is 0.480. The summed E-state index contributed by atoms with van der Waals surface area (Å²) in [6.45, 7) is 17.4. The molecule has 0 spiro atoms. The van der Waals surface area contributed by atoms with Crippen molar-refractivity contribution in [3.05, 3.63) is 65.2 Å². The third-order valence-electron chi connectivity index (χ3n) is 5.34. The fourth-order valence-corrected chi connectivity index (χ4v) is 3.46. The van der Waals surface area contributed by atoms with Crippen LogP contribution in [-0.4, -0.2) is 19.9 Å². The lowest BCUT2D eigenvalue weighted by Gasteiger charge is -2.36. The van der Waals surface area contributed by atoms with Crippen LogP contribution in [0.25, 0.3) is 0 Å². The second-order valence-corrected chi connectivity index (χ2v) is 15.0. The van der Waals surface area contributed by atoms with E-state index < -0.39 is 13.9 Å². The molecule has 0 saturated carbocycles. The fourth-order valence-electron chi connectivity index (χ4n) is 2.51. The van der Waals surface area contributed by atoms with Gasteiger partial charge in [0, 0.05) is 0 Å². The van der Waals surface area contributed by atoms with E-state index in [1.165, 1.54) is 0 Å². The van der Waals surface area contributed by atoms with Crippen LogP contribution in [0.3, 0.4) is 0 Å². The largest absolute Gasteiger partial charge is 0.489 e. The molecule has 0 aliphatic carbocycles. The average molecular weight is 429 g/mol. The summed E-state index contributed by atoms with van der Waals surface area (Å²) in [6.07, 6.45) is 0. The molecule has 2 aromatic carbocycles. The summed E-state index contributed by atoms with van der Waals surface area (Å²) in [4.78, 5) is 12.9. The normalized spacial score (nSPS) is 12.5. The smallest absolute Gasteiger partial charge is 0.339 e. The molecule has 0 aliphatic rings. The van der Waals surface area contributed by atoms with Crippen LogP contribution in [0.2, 0.25) is 18.1 Å². The summed E-state index contributed by atoms with van der Waals surface area (Å²) in [5, 5.41) is 0.0951. The van der Waals surface area contributed by atoms with Crippen LogP contribution in [0, 0.1) is 0 Å². The van der Waals surface area contributed by atoms with E-state index in [1.54, 1.807) is 6.07 Å². The van der Waals surface area contributed by atoms with Gasteiger partial charge >= 0.3 is 5.97 Å². The Balaban J connectivity index is 2.25. The third-order valence-corrected chi connectivity index (χ3v) is 9.82. The predicted octanol–water partition coefficient (Wildman–Crippen LogP) is 6.74. The van der Waals surface area contributed by atoms with E-state index in [-0.39, 0.29) is 11.0 Å². The van der Waals surface area contributed by atoms with Crippen molar-refractivity contribution < 1.29 is 18.7 Å². The molecule has 0 saturated heterocycles. The van der Waals surface area contributed by atoms with E-state index in [2.05, 4.69) is 33.9 Å². The Morgan fingerprint density at radius 3 is 2.10 bits per heavy atom. The molecule has 0 aromatic heterocycles. The second kappa shape index (κ2) is 9.35. The summed E-state index contributed by atoms with van der Waals surface area (Å²) in [5.74, 6) is 0.275. The number of ether oxygens (including phenoxy) is 2. The monoisotopic (exact) mass is 428 g/mol. The first-order valence-corrected chi connectivity index (χ1v) is 13.4. The molecule has 5 heteroatoms. The van der Waals surface area contributed by atoms with E-state index >= 15 is 0 Å². The van der Waals surface area contributed by atoms with Gasteiger partial charge in [0.15, 0.2) is 8.32 Å². The summed E-state index contributed by atoms with van der Waals surface area (Å²) in [6, 6.07) is 15.5. The molecule has 2 aromatic rings. The zero-order valence-electron chi connectivity index (χ0n) is 19.7. The highest BCUT2D eigenvalue weighted by Gasteiger charge is 2.37. The van der Waals surface area contributed by atoms with Crippen LogP contribution >= 0.6 is 0 Å². The molecule has 4 nitrogen and oxygen atoms in total. The van der Waals surface area contributed by atoms with Crippen molar-refractivity contribution in [1.29, 1.82) is 0 Å². The van der Waals surface area contributed by atoms with Gasteiger partial charge in [-0.25, -0.2) is 4.79 Å². The second-order valence-electron chi connectivity index (χ2n) is 10.1. The number of benzene rings is 2. The molecule has 0 atom stereocenters. The van der Waals surface area contributed by atoms with Crippen LogP contribution < -0.4 is 4.74 Å². The van der Waals surface area contributed by atoms with Crippen molar-refractivity contribution >= 4 is 14.3 Å². The van der Waals surface area contributed by atoms with Gasteiger partial charge in [0.25, 0.3) is 0 Å². The van der Waals surface area contributed by atoms with Crippen LogP contribution in [0.5, 0.6) is 5.75 Å². The number of carbonyl (C=O) groups is 1. The Morgan fingerprint density at radius 2 is 1.53 bits per heavy atom. The van der Waals surface area contributed by atoms with Gasteiger partial charge in [-0.3, -0.25) is 0 Å². The number of esters is 1. The molecular weight excluding hydrogens is 392 g/mol. The van der Waals surface area contributed by atoms with Gasteiger partial charge < -0.3 is 13.9 Å². The van der Waals surface area contributed by atoms with E-state index in [0.717, 1.165) is 11.1 Å².